The summed E-state index contributed by atoms with van der Waals surface area (Å²) >= 11 is 0. The first-order valence-corrected chi connectivity index (χ1v) is 5.96. The molecule has 0 unspecified atom stereocenters. The zero-order valence-electron chi connectivity index (χ0n) is 11.4. The number of carbonyl (C=O) groups is 2. The van der Waals surface area contributed by atoms with Gasteiger partial charge in [-0.2, -0.15) is 13.2 Å². The molecule has 0 radical (unpaired) electrons. The van der Waals surface area contributed by atoms with Gasteiger partial charge in [0.1, 0.15) is 12.4 Å². The number of Topliss-reactive ketones (excluding diaryl/α,β-unsaturated/α-hetero) is 1. The summed E-state index contributed by atoms with van der Waals surface area (Å²) in [6, 6.07) is 3.86. The predicted octanol–water partition coefficient (Wildman–Crippen LogP) is 2.14. The summed E-state index contributed by atoms with van der Waals surface area (Å²) in [5, 5.41) is 1.70. The maximum Gasteiger partial charge on any atom is 0.405 e. The van der Waals surface area contributed by atoms with Crippen LogP contribution < -0.4 is 10.2 Å². The smallest absolute Gasteiger partial charge is 0.365 e. The number of ketones is 1. The molecule has 1 aromatic carbocycles. The van der Waals surface area contributed by atoms with Gasteiger partial charge in [0.2, 0.25) is 5.91 Å². The monoisotopic (exact) mass is 306 g/mol. The third kappa shape index (κ3) is 5.05. The second-order valence-electron chi connectivity index (χ2n) is 4.44. The Balaban J connectivity index is 2.81. The van der Waals surface area contributed by atoms with E-state index in [4.69, 9.17) is 0 Å². The van der Waals surface area contributed by atoms with E-state index in [1.165, 1.54) is 31.0 Å². The van der Waals surface area contributed by atoms with Crippen LogP contribution in [0.1, 0.15) is 17.3 Å². The SMILES string of the molecule is CC(=O)c1c(F)cccc1N(C)CC(=O)NCC(F)(F)F. The largest absolute Gasteiger partial charge is 0.405 e. The fourth-order valence-corrected chi connectivity index (χ4v) is 1.73. The Kier molecular flexibility index (Phi) is 5.28. The molecule has 0 aliphatic rings. The first-order valence-electron chi connectivity index (χ1n) is 5.96. The lowest BCUT2D eigenvalue weighted by atomic mass is 10.1. The van der Waals surface area contributed by atoms with E-state index in [2.05, 4.69) is 0 Å². The third-order valence-corrected chi connectivity index (χ3v) is 2.62. The summed E-state index contributed by atoms with van der Waals surface area (Å²) in [6.45, 7) is -0.707. The van der Waals surface area contributed by atoms with Gasteiger partial charge in [0, 0.05) is 7.05 Å². The zero-order chi connectivity index (χ0) is 16.2. The van der Waals surface area contributed by atoms with Crippen LogP contribution in [0.15, 0.2) is 18.2 Å². The number of rotatable bonds is 5. The Labute approximate surface area is 118 Å². The number of hydrogen-bond donors (Lipinski definition) is 1. The number of nitrogens with zero attached hydrogens (tertiary/aromatic N) is 1. The normalized spacial score (nSPS) is 11.1. The van der Waals surface area contributed by atoms with Crippen LogP contribution in [0.5, 0.6) is 0 Å². The third-order valence-electron chi connectivity index (χ3n) is 2.62. The number of amides is 1. The molecule has 0 fully saturated rings. The maximum atomic E-state index is 13.6. The Bertz CT molecular complexity index is 543. The minimum atomic E-state index is -4.50. The number of hydrogen-bond acceptors (Lipinski definition) is 3. The van der Waals surface area contributed by atoms with Crippen molar-refractivity contribution in [3.8, 4) is 0 Å². The van der Waals surface area contributed by atoms with Crippen molar-refractivity contribution in [2.24, 2.45) is 0 Å². The van der Waals surface area contributed by atoms with Gasteiger partial charge in [0.25, 0.3) is 0 Å². The highest BCUT2D eigenvalue weighted by atomic mass is 19.4. The van der Waals surface area contributed by atoms with Gasteiger partial charge in [0.05, 0.1) is 17.8 Å². The average Bonchev–Trinajstić information content (AvgIpc) is 2.34. The van der Waals surface area contributed by atoms with E-state index in [-0.39, 0.29) is 11.3 Å². The summed E-state index contributed by atoms with van der Waals surface area (Å²) in [5.74, 6) is -2.17. The molecule has 4 nitrogen and oxygen atoms in total. The van der Waals surface area contributed by atoms with E-state index in [0.29, 0.717) is 0 Å². The first-order chi connectivity index (χ1) is 9.61. The molecule has 0 aliphatic heterocycles. The van der Waals surface area contributed by atoms with E-state index in [9.17, 15) is 27.2 Å². The van der Waals surface area contributed by atoms with Crippen molar-refractivity contribution in [3.05, 3.63) is 29.6 Å². The van der Waals surface area contributed by atoms with Gasteiger partial charge in [-0.05, 0) is 19.1 Å². The molecule has 1 rings (SSSR count). The van der Waals surface area contributed by atoms with E-state index < -0.39 is 36.8 Å². The molecular weight excluding hydrogens is 292 g/mol. The molecule has 21 heavy (non-hydrogen) atoms. The molecule has 0 heterocycles. The lowest BCUT2D eigenvalue weighted by molar-refractivity contribution is -0.137. The van der Waals surface area contributed by atoms with Crippen molar-refractivity contribution in [3.63, 3.8) is 0 Å². The molecule has 1 N–H and O–H groups in total. The molecule has 8 heteroatoms. The van der Waals surface area contributed by atoms with Gasteiger partial charge in [-0.3, -0.25) is 9.59 Å². The van der Waals surface area contributed by atoms with Gasteiger partial charge in [-0.1, -0.05) is 6.07 Å². The lowest BCUT2D eigenvalue weighted by Gasteiger charge is -2.21. The lowest BCUT2D eigenvalue weighted by Crippen LogP contribution is -2.40. The number of likely N-dealkylation sites (N-methyl/N-ethyl adjacent to an activating group) is 1. The molecule has 116 valence electrons. The zero-order valence-corrected chi connectivity index (χ0v) is 11.4. The molecule has 0 saturated heterocycles. The fourth-order valence-electron chi connectivity index (χ4n) is 1.73. The molecule has 1 amide bonds. The minimum Gasteiger partial charge on any atom is -0.365 e. The summed E-state index contributed by atoms with van der Waals surface area (Å²) in [5.41, 5.74) is -0.0618. The fraction of sp³-hybridized carbons (Fsp3) is 0.385. The Morgan fingerprint density at radius 2 is 1.90 bits per heavy atom. The van der Waals surface area contributed by atoms with Gasteiger partial charge in [0.15, 0.2) is 5.78 Å². The van der Waals surface area contributed by atoms with Gasteiger partial charge >= 0.3 is 6.18 Å². The molecular formula is C13H14F4N2O2. The van der Waals surface area contributed by atoms with Crippen LogP contribution in [0, 0.1) is 5.82 Å². The molecule has 0 saturated carbocycles. The highest BCUT2D eigenvalue weighted by molar-refractivity contribution is 6.00. The van der Waals surface area contributed by atoms with Gasteiger partial charge in [-0.15, -0.1) is 0 Å². The molecule has 1 aromatic rings. The summed E-state index contributed by atoms with van der Waals surface area (Å²) in [6.07, 6.45) is -4.50. The number of alkyl halides is 3. The van der Waals surface area contributed by atoms with Crippen molar-refractivity contribution in [1.29, 1.82) is 0 Å². The van der Waals surface area contributed by atoms with Crippen molar-refractivity contribution < 1.29 is 27.2 Å². The van der Waals surface area contributed by atoms with Crippen molar-refractivity contribution in [2.45, 2.75) is 13.1 Å². The Morgan fingerprint density at radius 3 is 2.43 bits per heavy atom. The summed E-state index contributed by atoms with van der Waals surface area (Å²) < 4.78 is 49.5. The molecule has 0 bridgehead atoms. The topological polar surface area (TPSA) is 49.4 Å². The summed E-state index contributed by atoms with van der Waals surface area (Å²) in [7, 11) is 1.38. The Hall–Kier alpha value is -2.12. The number of halogens is 4. The quantitative estimate of drug-likeness (QED) is 0.670. The van der Waals surface area contributed by atoms with Crippen LogP contribution in [0.25, 0.3) is 0 Å². The van der Waals surface area contributed by atoms with E-state index in [0.717, 1.165) is 6.07 Å². The van der Waals surface area contributed by atoms with Crippen LogP contribution in [0.3, 0.4) is 0 Å². The van der Waals surface area contributed by atoms with Gasteiger partial charge < -0.3 is 10.2 Å². The average molecular weight is 306 g/mol. The van der Waals surface area contributed by atoms with Crippen LogP contribution in [0.2, 0.25) is 0 Å². The molecule has 0 atom stereocenters. The predicted molar refractivity (Wildman–Crippen MR) is 68.7 cm³/mol. The maximum absolute atomic E-state index is 13.6. The minimum absolute atomic E-state index is 0.143. The Morgan fingerprint density at radius 1 is 1.29 bits per heavy atom. The van der Waals surface area contributed by atoms with E-state index >= 15 is 0 Å². The highest BCUT2D eigenvalue weighted by Gasteiger charge is 2.28. The van der Waals surface area contributed by atoms with Crippen LogP contribution >= 0.6 is 0 Å². The molecule has 0 aliphatic carbocycles. The second kappa shape index (κ2) is 6.55. The molecule has 0 spiro atoms. The van der Waals surface area contributed by atoms with Gasteiger partial charge in [-0.25, -0.2) is 4.39 Å². The van der Waals surface area contributed by atoms with Crippen LogP contribution in [-0.2, 0) is 4.79 Å². The first kappa shape index (κ1) is 16.9. The number of benzene rings is 1. The van der Waals surface area contributed by atoms with Crippen LogP contribution in [0.4, 0.5) is 23.2 Å². The highest BCUT2D eigenvalue weighted by Crippen LogP contribution is 2.22. The van der Waals surface area contributed by atoms with Crippen molar-refractivity contribution >= 4 is 17.4 Å². The van der Waals surface area contributed by atoms with E-state index in [1.54, 1.807) is 5.32 Å². The van der Waals surface area contributed by atoms with Crippen molar-refractivity contribution in [2.75, 3.05) is 25.0 Å². The second-order valence-corrected chi connectivity index (χ2v) is 4.44. The van der Waals surface area contributed by atoms with Crippen LogP contribution in [-0.4, -0.2) is 38.0 Å². The number of anilines is 1. The van der Waals surface area contributed by atoms with Crippen molar-refractivity contribution in [1.82, 2.24) is 5.32 Å². The number of nitrogens with one attached hydrogen (secondary N) is 1. The van der Waals surface area contributed by atoms with E-state index in [1.807, 2.05) is 0 Å². The number of carbonyl (C=O) groups excluding carboxylic acids is 2. The standard InChI is InChI=1S/C13H14F4N2O2/c1-8(20)12-9(14)4-3-5-10(12)19(2)6-11(21)18-7-13(15,16)17/h3-5H,6-7H2,1-2H3,(H,18,21). The summed E-state index contributed by atoms with van der Waals surface area (Å²) in [4.78, 5) is 24.0. The molecule has 0 aromatic heterocycles.